The minimum Gasteiger partial charge on any atom is -0.347 e. The average molecular weight is 415 g/mol. The maximum atomic E-state index is 13.7. The van der Waals surface area contributed by atoms with Crippen LogP contribution in [-0.2, 0) is 6.54 Å². The molecule has 4 aliphatic carbocycles. The lowest BCUT2D eigenvalue weighted by Gasteiger charge is -2.56. The Bertz CT molecular complexity index is 1140. The van der Waals surface area contributed by atoms with Gasteiger partial charge >= 0.3 is 0 Å². The number of fused-ring (bicyclic) bond motifs is 1. The third kappa shape index (κ3) is 3.17. The number of rotatable bonds is 4. The summed E-state index contributed by atoms with van der Waals surface area (Å²) in [6.45, 7) is 4.90. The molecule has 7 rings (SSSR count). The van der Waals surface area contributed by atoms with E-state index in [0.29, 0.717) is 0 Å². The first kappa shape index (κ1) is 19.0. The van der Waals surface area contributed by atoms with E-state index in [4.69, 9.17) is 4.98 Å². The maximum absolute atomic E-state index is 13.7. The predicted octanol–water partition coefficient (Wildman–Crippen LogP) is 5.13. The topological polar surface area (TPSA) is 59.8 Å². The van der Waals surface area contributed by atoms with Crippen molar-refractivity contribution >= 4 is 16.8 Å². The number of nitrogens with zero attached hydrogens (tertiary/aromatic N) is 3. The molecule has 0 atom stereocenters. The standard InChI is InChI=1S/C26H30N4O/c1-3-30-15-22(16(2)29-30)24-11-21(20-6-4-5-7-23(20)27-24)25(31)28-26-12-17-8-18(13-26)10-19(9-17)14-26/h4-7,11,15,17-19H,3,8-10,12-14H2,1-2H3,(H,28,31). The fraction of sp³-hybridized carbons (Fsp3) is 0.500. The van der Waals surface area contributed by atoms with Gasteiger partial charge in [-0.3, -0.25) is 9.48 Å². The molecule has 5 heteroatoms. The fourth-order valence-electron chi connectivity index (χ4n) is 7.00. The Hall–Kier alpha value is -2.69. The summed E-state index contributed by atoms with van der Waals surface area (Å²) in [6.07, 6.45) is 9.62. The SMILES string of the molecule is CCn1cc(-c2cc(C(=O)NC34CC5CC(CC(C5)C3)C4)c3ccccc3n2)c(C)n1. The lowest BCUT2D eigenvalue weighted by molar-refractivity contribution is -0.0166. The van der Waals surface area contributed by atoms with Crippen LogP contribution in [0.1, 0.15) is 61.5 Å². The molecule has 5 nitrogen and oxygen atoms in total. The van der Waals surface area contributed by atoms with E-state index in [0.717, 1.165) is 77.0 Å². The van der Waals surface area contributed by atoms with Gasteiger partial charge in [0, 0.05) is 29.2 Å². The number of hydrogen-bond acceptors (Lipinski definition) is 3. The van der Waals surface area contributed by atoms with Gasteiger partial charge in [0.2, 0.25) is 0 Å². The highest BCUT2D eigenvalue weighted by Crippen LogP contribution is 2.55. The molecule has 4 fully saturated rings. The molecule has 31 heavy (non-hydrogen) atoms. The number of carbonyl (C=O) groups excluding carboxylic acids is 1. The van der Waals surface area contributed by atoms with E-state index in [-0.39, 0.29) is 11.4 Å². The molecular formula is C26H30N4O. The Balaban J connectivity index is 1.40. The molecule has 2 heterocycles. The van der Waals surface area contributed by atoms with Crippen molar-refractivity contribution in [3.63, 3.8) is 0 Å². The number of aromatic nitrogens is 3. The molecule has 1 amide bonds. The van der Waals surface area contributed by atoms with Gasteiger partial charge in [0.15, 0.2) is 0 Å². The molecule has 2 aromatic heterocycles. The van der Waals surface area contributed by atoms with Gasteiger partial charge in [0.05, 0.1) is 22.5 Å². The minimum absolute atomic E-state index is 0.000614. The van der Waals surface area contributed by atoms with Crippen LogP contribution < -0.4 is 5.32 Å². The number of pyridine rings is 1. The Morgan fingerprint density at radius 3 is 2.45 bits per heavy atom. The summed E-state index contributed by atoms with van der Waals surface area (Å²) in [4.78, 5) is 18.6. The fourth-order valence-corrected chi connectivity index (χ4v) is 7.00. The van der Waals surface area contributed by atoms with E-state index in [1.807, 2.05) is 48.1 Å². The quantitative estimate of drug-likeness (QED) is 0.644. The Kier molecular flexibility index (Phi) is 4.24. The highest BCUT2D eigenvalue weighted by molar-refractivity contribution is 6.07. The monoisotopic (exact) mass is 414 g/mol. The van der Waals surface area contributed by atoms with Crippen LogP contribution in [0, 0.1) is 24.7 Å². The van der Waals surface area contributed by atoms with Crippen LogP contribution >= 0.6 is 0 Å². The molecule has 0 aliphatic heterocycles. The molecule has 3 aromatic rings. The van der Waals surface area contributed by atoms with Crippen molar-refractivity contribution in [2.45, 2.75) is 64.5 Å². The zero-order valence-corrected chi connectivity index (χ0v) is 18.4. The van der Waals surface area contributed by atoms with Gasteiger partial charge in [-0.15, -0.1) is 0 Å². The smallest absolute Gasteiger partial charge is 0.252 e. The number of aryl methyl sites for hydroxylation is 2. The molecule has 0 radical (unpaired) electrons. The van der Waals surface area contributed by atoms with Crippen molar-refractivity contribution in [1.29, 1.82) is 0 Å². The van der Waals surface area contributed by atoms with Crippen molar-refractivity contribution in [2.24, 2.45) is 17.8 Å². The Labute approximate surface area is 183 Å². The molecule has 4 saturated carbocycles. The van der Waals surface area contributed by atoms with Crippen molar-refractivity contribution < 1.29 is 4.79 Å². The molecule has 1 aromatic carbocycles. The summed E-state index contributed by atoms with van der Waals surface area (Å²) in [5.41, 5.74) is 4.36. The molecule has 4 aliphatic rings. The molecule has 1 N–H and O–H groups in total. The van der Waals surface area contributed by atoms with Gasteiger partial charge < -0.3 is 5.32 Å². The summed E-state index contributed by atoms with van der Waals surface area (Å²) >= 11 is 0. The molecule has 160 valence electrons. The number of amides is 1. The minimum atomic E-state index is -0.000614. The van der Waals surface area contributed by atoms with E-state index >= 15 is 0 Å². The van der Waals surface area contributed by atoms with Crippen LogP contribution in [-0.4, -0.2) is 26.2 Å². The predicted molar refractivity (Wildman–Crippen MR) is 122 cm³/mol. The van der Waals surface area contributed by atoms with Crippen LogP contribution in [0.2, 0.25) is 0 Å². The maximum Gasteiger partial charge on any atom is 0.252 e. The van der Waals surface area contributed by atoms with E-state index in [1.165, 1.54) is 19.3 Å². The number of carbonyl (C=O) groups is 1. The first-order chi connectivity index (χ1) is 15.0. The van der Waals surface area contributed by atoms with Crippen LogP contribution in [0.4, 0.5) is 0 Å². The number of nitrogens with one attached hydrogen (secondary N) is 1. The second-order valence-electron chi connectivity index (χ2n) is 10.2. The van der Waals surface area contributed by atoms with Gasteiger partial charge in [0.1, 0.15) is 0 Å². The number of hydrogen-bond donors (Lipinski definition) is 1. The van der Waals surface area contributed by atoms with Crippen molar-refractivity contribution in [3.05, 3.63) is 47.8 Å². The van der Waals surface area contributed by atoms with Crippen LogP contribution in [0.25, 0.3) is 22.2 Å². The first-order valence-corrected chi connectivity index (χ1v) is 11.8. The Morgan fingerprint density at radius 1 is 1.13 bits per heavy atom. The molecule has 4 bridgehead atoms. The molecular weight excluding hydrogens is 384 g/mol. The van der Waals surface area contributed by atoms with Crippen LogP contribution in [0.3, 0.4) is 0 Å². The summed E-state index contributed by atoms with van der Waals surface area (Å²) in [5, 5.41) is 9.06. The molecule has 0 spiro atoms. The second kappa shape index (κ2) is 6.91. The highest BCUT2D eigenvalue weighted by atomic mass is 16.1. The summed E-state index contributed by atoms with van der Waals surface area (Å²) in [7, 11) is 0. The lowest BCUT2D eigenvalue weighted by atomic mass is 9.53. The van der Waals surface area contributed by atoms with Gasteiger partial charge in [-0.05, 0) is 82.3 Å². The number of para-hydroxylation sites is 1. The van der Waals surface area contributed by atoms with Crippen molar-refractivity contribution in [1.82, 2.24) is 20.1 Å². The normalized spacial score (nSPS) is 28.9. The van der Waals surface area contributed by atoms with E-state index in [1.54, 1.807) is 0 Å². The van der Waals surface area contributed by atoms with Gasteiger partial charge in [-0.1, -0.05) is 18.2 Å². The molecule has 0 unspecified atom stereocenters. The third-order valence-corrected chi connectivity index (χ3v) is 7.92. The largest absolute Gasteiger partial charge is 0.347 e. The zero-order valence-electron chi connectivity index (χ0n) is 18.4. The summed E-state index contributed by atoms with van der Waals surface area (Å²) in [5.74, 6) is 2.47. The summed E-state index contributed by atoms with van der Waals surface area (Å²) < 4.78 is 1.93. The number of benzene rings is 1. The third-order valence-electron chi connectivity index (χ3n) is 7.92. The van der Waals surface area contributed by atoms with Gasteiger partial charge in [0.25, 0.3) is 5.91 Å². The van der Waals surface area contributed by atoms with E-state index in [9.17, 15) is 4.79 Å². The first-order valence-electron chi connectivity index (χ1n) is 11.8. The van der Waals surface area contributed by atoms with E-state index in [2.05, 4.69) is 17.3 Å². The van der Waals surface area contributed by atoms with Crippen molar-refractivity contribution in [3.8, 4) is 11.3 Å². The van der Waals surface area contributed by atoms with Crippen LogP contribution in [0.15, 0.2) is 36.5 Å². The summed E-state index contributed by atoms with van der Waals surface area (Å²) in [6, 6.07) is 9.97. The zero-order chi connectivity index (χ0) is 21.2. The molecule has 0 saturated heterocycles. The van der Waals surface area contributed by atoms with Gasteiger partial charge in [-0.25, -0.2) is 4.98 Å². The van der Waals surface area contributed by atoms with Crippen molar-refractivity contribution in [2.75, 3.05) is 0 Å². The second-order valence-corrected chi connectivity index (χ2v) is 10.2. The highest BCUT2D eigenvalue weighted by Gasteiger charge is 2.51. The Morgan fingerprint density at radius 2 is 1.81 bits per heavy atom. The lowest BCUT2D eigenvalue weighted by Crippen LogP contribution is -2.59. The van der Waals surface area contributed by atoms with E-state index < -0.39 is 0 Å². The van der Waals surface area contributed by atoms with Gasteiger partial charge in [-0.2, -0.15) is 5.10 Å². The van der Waals surface area contributed by atoms with Crippen LogP contribution in [0.5, 0.6) is 0 Å². The average Bonchev–Trinajstić information content (AvgIpc) is 3.12.